The lowest BCUT2D eigenvalue weighted by Crippen LogP contribution is -2.39. The lowest BCUT2D eigenvalue weighted by atomic mass is 9.78. The molecule has 0 aliphatic heterocycles. The molecule has 0 unspecified atom stereocenters. The Bertz CT molecular complexity index is 504. The maximum Gasteiger partial charge on any atom is 0.307 e. The molecule has 1 heterocycles. The smallest absolute Gasteiger partial charge is 0.307 e. The summed E-state index contributed by atoms with van der Waals surface area (Å²) in [4.78, 5) is 31.5. The molecule has 2 N–H and O–H groups in total. The minimum Gasteiger partial charge on any atom is -0.481 e. The number of carbonyl (C=O) groups excluding carboxylic acids is 1. The van der Waals surface area contributed by atoms with Gasteiger partial charge in [-0.15, -0.1) is 0 Å². The number of carboxylic acids is 1. The zero-order valence-electron chi connectivity index (χ0n) is 11.5. The van der Waals surface area contributed by atoms with Crippen LogP contribution in [0.15, 0.2) is 12.3 Å². The Morgan fingerprint density at radius 3 is 2.70 bits per heavy atom. The Labute approximate surface area is 117 Å². The number of aromatic nitrogens is 2. The van der Waals surface area contributed by atoms with Gasteiger partial charge in [-0.1, -0.05) is 12.8 Å². The van der Waals surface area contributed by atoms with Gasteiger partial charge in [0.05, 0.1) is 24.1 Å². The molecule has 1 aromatic rings. The number of aliphatic carboxylic acids is 1. The van der Waals surface area contributed by atoms with Crippen LogP contribution in [0.25, 0.3) is 0 Å². The summed E-state index contributed by atoms with van der Waals surface area (Å²) in [5.41, 5.74) is 0.730. The van der Waals surface area contributed by atoms with E-state index in [4.69, 9.17) is 0 Å². The second kappa shape index (κ2) is 6.45. The maximum atomic E-state index is 12.2. The lowest BCUT2D eigenvalue weighted by Gasteiger charge is -2.27. The molecule has 1 fully saturated rings. The molecule has 1 saturated carbocycles. The first-order valence-corrected chi connectivity index (χ1v) is 6.87. The Morgan fingerprint density at radius 1 is 1.35 bits per heavy atom. The van der Waals surface area contributed by atoms with Crippen molar-refractivity contribution in [2.75, 3.05) is 0 Å². The van der Waals surface area contributed by atoms with Crippen molar-refractivity contribution in [2.45, 2.75) is 39.2 Å². The normalized spacial score (nSPS) is 22.2. The molecule has 20 heavy (non-hydrogen) atoms. The van der Waals surface area contributed by atoms with Crippen LogP contribution in [0.2, 0.25) is 0 Å². The van der Waals surface area contributed by atoms with Crippen LogP contribution in [0.1, 0.15) is 37.2 Å². The average molecular weight is 277 g/mol. The minimum absolute atomic E-state index is 0.187. The highest BCUT2D eigenvalue weighted by atomic mass is 16.4. The van der Waals surface area contributed by atoms with Gasteiger partial charge in [0.15, 0.2) is 0 Å². The van der Waals surface area contributed by atoms with Crippen molar-refractivity contribution in [3.63, 3.8) is 0 Å². The second-order valence-corrected chi connectivity index (χ2v) is 5.15. The van der Waals surface area contributed by atoms with Crippen molar-refractivity contribution >= 4 is 11.9 Å². The highest BCUT2D eigenvalue weighted by Crippen LogP contribution is 2.30. The van der Waals surface area contributed by atoms with Gasteiger partial charge >= 0.3 is 5.97 Å². The van der Waals surface area contributed by atoms with E-state index >= 15 is 0 Å². The average Bonchev–Trinajstić information content (AvgIpc) is 2.45. The van der Waals surface area contributed by atoms with Crippen LogP contribution < -0.4 is 5.32 Å². The van der Waals surface area contributed by atoms with Crippen LogP contribution in [0.3, 0.4) is 0 Å². The molecule has 6 nitrogen and oxygen atoms in total. The number of rotatable bonds is 4. The van der Waals surface area contributed by atoms with E-state index in [1.807, 2.05) is 0 Å². The SMILES string of the molecule is Cc1nccc(CNC(=O)[C@@H]2CCCC[C@@H]2C(=O)O)n1. The van der Waals surface area contributed by atoms with Crippen molar-refractivity contribution in [3.8, 4) is 0 Å². The number of nitrogens with zero attached hydrogens (tertiary/aromatic N) is 2. The summed E-state index contributed by atoms with van der Waals surface area (Å²) < 4.78 is 0. The summed E-state index contributed by atoms with van der Waals surface area (Å²) >= 11 is 0. The zero-order valence-corrected chi connectivity index (χ0v) is 11.5. The van der Waals surface area contributed by atoms with Crippen molar-refractivity contribution in [1.29, 1.82) is 0 Å². The van der Waals surface area contributed by atoms with E-state index in [-0.39, 0.29) is 5.91 Å². The van der Waals surface area contributed by atoms with E-state index in [9.17, 15) is 14.7 Å². The number of aryl methyl sites for hydroxylation is 1. The molecule has 1 amide bonds. The van der Waals surface area contributed by atoms with Gasteiger partial charge in [-0.2, -0.15) is 0 Å². The predicted molar refractivity (Wildman–Crippen MR) is 71.7 cm³/mol. The predicted octanol–water partition coefficient (Wildman–Crippen LogP) is 1.29. The summed E-state index contributed by atoms with van der Waals surface area (Å²) in [6.07, 6.45) is 4.66. The summed E-state index contributed by atoms with van der Waals surface area (Å²) in [5, 5.41) is 12.0. The van der Waals surface area contributed by atoms with Crippen molar-refractivity contribution in [1.82, 2.24) is 15.3 Å². The number of hydrogen-bond donors (Lipinski definition) is 2. The fourth-order valence-corrected chi connectivity index (χ4v) is 2.65. The van der Waals surface area contributed by atoms with E-state index in [2.05, 4.69) is 15.3 Å². The molecule has 108 valence electrons. The lowest BCUT2D eigenvalue weighted by molar-refractivity contribution is -0.148. The molecule has 2 rings (SSSR count). The number of carbonyl (C=O) groups is 2. The molecular weight excluding hydrogens is 258 g/mol. The van der Waals surface area contributed by atoms with E-state index in [0.717, 1.165) is 18.5 Å². The molecule has 1 aromatic heterocycles. The van der Waals surface area contributed by atoms with E-state index < -0.39 is 17.8 Å². The first-order chi connectivity index (χ1) is 9.58. The first kappa shape index (κ1) is 14.4. The fourth-order valence-electron chi connectivity index (χ4n) is 2.65. The number of amides is 1. The van der Waals surface area contributed by atoms with Crippen LogP contribution in [0, 0.1) is 18.8 Å². The number of nitrogens with one attached hydrogen (secondary N) is 1. The standard InChI is InChI=1S/C14H19N3O3/c1-9-15-7-6-10(17-9)8-16-13(18)11-4-2-3-5-12(11)14(19)20/h6-7,11-12H,2-5,8H2,1H3,(H,16,18)(H,19,20)/t11-,12+/m1/s1. The molecule has 6 heteroatoms. The molecule has 1 aliphatic carbocycles. The van der Waals surface area contributed by atoms with Crippen LogP contribution in [-0.2, 0) is 16.1 Å². The van der Waals surface area contributed by atoms with Gasteiger partial charge in [-0.3, -0.25) is 9.59 Å². The van der Waals surface area contributed by atoms with E-state index in [0.29, 0.717) is 25.2 Å². The topological polar surface area (TPSA) is 92.2 Å². The first-order valence-electron chi connectivity index (χ1n) is 6.87. The van der Waals surface area contributed by atoms with Gasteiger partial charge in [0.1, 0.15) is 5.82 Å². The van der Waals surface area contributed by atoms with Crippen LogP contribution in [0.4, 0.5) is 0 Å². The van der Waals surface area contributed by atoms with Crippen molar-refractivity contribution < 1.29 is 14.7 Å². The molecule has 0 aromatic carbocycles. The van der Waals surface area contributed by atoms with Crippen LogP contribution in [0.5, 0.6) is 0 Å². The Hall–Kier alpha value is -1.98. The van der Waals surface area contributed by atoms with Crippen LogP contribution in [-0.4, -0.2) is 27.0 Å². The van der Waals surface area contributed by atoms with Crippen LogP contribution >= 0.6 is 0 Å². The molecule has 0 spiro atoms. The third-order valence-corrected chi connectivity index (χ3v) is 3.70. The monoisotopic (exact) mass is 277 g/mol. The van der Waals surface area contributed by atoms with Gasteiger partial charge in [0, 0.05) is 6.20 Å². The highest BCUT2D eigenvalue weighted by molar-refractivity contribution is 5.84. The molecule has 1 aliphatic rings. The Balaban J connectivity index is 1.95. The molecule has 0 radical (unpaired) electrons. The van der Waals surface area contributed by atoms with Gasteiger partial charge in [0.2, 0.25) is 5.91 Å². The molecular formula is C14H19N3O3. The third-order valence-electron chi connectivity index (χ3n) is 3.70. The Morgan fingerprint density at radius 2 is 2.05 bits per heavy atom. The minimum atomic E-state index is -0.872. The molecule has 0 bridgehead atoms. The zero-order chi connectivity index (χ0) is 14.5. The van der Waals surface area contributed by atoms with Gasteiger partial charge < -0.3 is 10.4 Å². The number of carboxylic acid groups (broad SMARTS) is 1. The number of hydrogen-bond acceptors (Lipinski definition) is 4. The molecule has 0 saturated heterocycles. The van der Waals surface area contributed by atoms with Crippen molar-refractivity contribution in [3.05, 3.63) is 23.8 Å². The highest BCUT2D eigenvalue weighted by Gasteiger charge is 2.35. The Kier molecular flexibility index (Phi) is 4.65. The van der Waals surface area contributed by atoms with E-state index in [1.165, 1.54) is 0 Å². The fraction of sp³-hybridized carbons (Fsp3) is 0.571. The van der Waals surface area contributed by atoms with Gasteiger partial charge in [0.25, 0.3) is 0 Å². The van der Waals surface area contributed by atoms with Gasteiger partial charge in [-0.05, 0) is 25.8 Å². The second-order valence-electron chi connectivity index (χ2n) is 5.15. The quantitative estimate of drug-likeness (QED) is 0.865. The van der Waals surface area contributed by atoms with Gasteiger partial charge in [-0.25, -0.2) is 9.97 Å². The van der Waals surface area contributed by atoms with Crippen molar-refractivity contribution in [2.24, 2.45) is 11.8 Å². The third kappa shape index (κ3) is 3.53. The summed E-state index contributed by atoms with van der Waals surface area (Å²) in [5.74, 6) is -1.39. The largest absolute Gasteiger partial charge is 0.481 e. The summed E-state index contributed by atoms with van der Waals surface area (Å²) in [6.45, 7) is 2.10. The molecule has 2 atom stereocenters. The summed E-state index contributed by atoms with van der Waals surface area (Å²) in [7, 11) is 0. The maximum absolute atomic E-state index is 12.2. The van der Waals surface area contributed by atoms with E-state index in [1.54, 1.807) is 19.2 Å². The summed E-state index contributed by atoms with van der Waals surface area (Å²) in [6, 6.07) is 1.74.